The smallest absolute Gasteiger partial charge is 0.416 e. The number of halogens is 4. The van der Waals surface area contributed by atoms with Crippen LogP contribution in [0.2, 0.25) is 25.7 Å². The third-order valence-corrected chi connectivity index (χ3v) is 9.99. The number of hydrogen-bond donors (Lipinski definition) is 1. The SMILES string of the molecule is C[Si](C)(C)CCOC(=O)NC1CC2(CCN(C(=O)C=Cc3ccccc3C(F)(F)F)CC2)c2c(Br)cccc21. The molecule has 0 radical (unpaired) electrons. The number of hydrogen-bond acceptors (Lipinski definition) is 3. The number of likely N-dealkylation sites (tertiary alicyclic amines) is 1. The maximum atomic E-state index is 13.3. The number of benzene rings is 2. The van der Waals surface area contributed by atoms with Crippen molar-refractivity contribution in [2.24, 2.45) is 0 Å². The summed E-state index contributed by atoms with van der Waals surface area (Å²) in [7, 11) is -1.32. The fraction of sp³-hybridized carbons (Fsp3) is 0.448. The van der Waals surface area contributed by atoms with Crippen LogP contribution in [0.3, 0.4) is 0 Å². The highest BCUT2D eigenvalue weighted by molar-refractivity contribution is 9.10. The molecule has 0 saturated carbocycles. The van der Waals surface area contributed by atoms with Crippen molar-refractivity contribution in [3.05, 3.63) is 75.3 Å². The van der Waals surface area contributed by atoms with Crippen molar-refractivity contribution in [1.82, 2.24) is 10.2 Å². The lowest BCUT2D eigenvalue weighted by Gasteiger charge is -2.40. The number of nitrogens with one attached hydrogen (secondary N) is 1. The molecule has 1 unspecified atom stereocenters. The van der Waals surface area contributed by atoms with Gasteiger partial charge in [0.25, 0.3) is 0 Å². The molecule has 1 aliphatic carbocycles. The molecule has 1 N–H and O–H groups in total. The molecular formula is C29H34BrF3N2O3Si. The summed E-state index contributed by atoms with van der Waals surface area (Å²) in [5, 5.41) is 3.06. The molecule has 5 nitrogen and oxygen atoms in total. The van der Waals surface area contributed by atoms with Crippen LogP contribution in [0.5, 0.6) is 0 Å². The molecule has 1 spiro atoms. The van der Waals surface area contributed by atoms with E-state index in [1.165, 1.54) is 30.4 Å². The van der Waals surface area contributed by atoms with Crippen molar-refractivity contribution in [2.45, 2.75) is 62.6 Å². The Kier molecular flexibility index (Phi) is 8.66. The van der Waals surface area contributed by atoms with Crippen LogP contribution >= 0.6 is 15.9 Å². The van der Waals surface area contributed by atoms with Gasteiger partial charge in [-0.15, -0.1) is 0 Å². The van der Waals surface area contributed by atoms with Crippen LogP contribution in [-0.2, 0) is 21.1 Å². The fourth-order valence-electron chi connectivity index (χ4n) is 5.53. The molecule has 1 aliphatic heterocycles. The van der Waals surface area contributed by atoms with Crippen LogP contribution in [0, 0.1) is 0 Å². The van der Waals surface area contributed by atoms with Crippen LogP contribution in [0.25, 0.3) is 6.08 Å². The molecule has 2 aromatic carbocycles. The van der Waals surface area contributed by atoms with E-state index in [2.05, 4.69) is 40.9 Å². The molecule has 2 amide bonds. The first-order chi connectivity index (χ1) is 18.3. The molecule has 2 aromatic rings. The maximum absolute atomic E-state index is 13.3. The number of amides is 2. The third kappa shape index (κ3) is 6.95. The van der Waals surface area contributed by atoms with E-state index in [1.54, 1.807) is 4.90 Å². The van der Waals surface area contributed by atoms with Gasteiger partial charge in [-0.3, -0.25) is 4.79 Å². The zero-order valence-electron chi connectivity index (χ0n) is 22.4. The molecule has 1 fully saturated rings. The molecule has 1 heterocycles. The molecule has 4 rings (SSSR count). The summed E-state index contributed by atoms with van der Waals surface area (Å²) < 4.78 is 46.4. The topological polar surface area (TPSA) is 58.6 Å². The van der Waals surface area contributed by atoms with Gasteiger partial charge in [-0.1, -0.05) is 65.9 Å². The summed E-state index contributed by atoms with van der Waals surface area (Å²) >= 11 is 3.71. The monoisotopic (exact) mass is 622 g/mol. The average Bonchev–Trinajstić information content (AvgIpc) is 3.15. The zero-order chi connectivity index (χ0) is 28.4. The van der Waals surface area contributed by atoms with Crippen LogP contribution in [0.15, 0.2) is 53.0 Å². The van der Waals surface area contributed by atoms with Crippen molar-refractivity contribution in [3.63, 3.8) is 0 Å². The number of carbonyl (C=O) groups excluding carboxylic acids is 2. The summed E-state index contributed by atoms with van der Waals surface area (Å²) in [6, 6.07) is 11.9. The molecule has 1 saturated heterocycles. The molecule has 2 aliphatic rings. The number of piperidine rings is 1. The average molecular weight is 624 g/mol. The van der Waals surface area contributed by atoms with Gasteiger partial charge < -0.3 is 15.0 Å². The number of alkyl carbamates (subject to hydrolysis) is 1. The Bertz CT molecular complexity index is 1250. The van der Waals surface area contributed by atoms with Crippen LogP contribution < -0.4 is 5.32 Å². The highest BCUT2D eigenvalue weighted by Crippen LogP contribution is 2.53. The van der Waals surface area contributed by atoms with Crippen LogP contribution in [0.1, 0.15) is 47.6 Å². The minimum atomic E-state index is -4.49. The van der Waals surface area contributed by atoms with Crippen LogP contribution in [0.4, 0.5) is 18.0 Å². The largest absolute Gasteiger partial charge is 0.450 e. The number of carbonyl (C=O) groups is 2. The molecule has 39 heavy (non-hydrogen) atoms. The second-order valence-electron chi connectivity index (χ2n) is 11.6. The zero-order valence-corrected chi connectivity index (χ0v) is 25.0. The van der Waals surface area contributed by atoms with Crippen molar-refractivity contribution in [3.8, 4) is 0 Å². The Morgan fingerprint density at radius 3 is 2.49 bits per heavy atom. The van der Waals surface area contributed by atoms with E-state index >= 15 is 0 Å². The van der Waals surface area contributed by atoms with Gasteiger partial charge in [-0.2, -0.15) is 13.2 Å². The van der Waals surface area contributed by atoms with Gasteiger partial charge in [-0.05, 0) is 60.2 Å². The van der Waals surface area contributed by atoms with E-state index in [-0.39, 0.29) is 22.9 Å². The van der Waals surface area contributed by atoms with E-state index < -0.39 is 25.9 Å². The van der Waals surface area contributed by atoms with Crippen LogP contribution in [-0.4, -0.2) is 44.7 Å². The Morgan fingerprint density at radius 1 is 1.13 bits per heavy atom. The molecular weight excluding hydrogens is 589 g/mol. The molecule has 0 aromatic heterocycles. The summed E-state index contributed by atoms with van der Waals surface area (Å²) in [6.45, 7) is 8.05. The summed E-state index contributed by atoms with van der Waals surface area (Å²) in [4.78, 5) is 27.2. The lowest BCUT2D eigenvalue weighted by atomic mass is 9.73. The van der Waals surface area contributed by atoms with Gasteiger partial charge in [0, 0.05) is 37.1 Å². The van der Waals surface area contributed by atoms with E-state index in [0.29, 0.717) is 39.0 Å². The van der Waals surface area contributed by atoms with E-state index in [0.717, 1.165) is 27.7 Å². The predicted molar refractivity (Wildman–Crippen MR) is 152 cm³/mol. The summed E-state index contributed by atoms with van der Waals surface area (Å²) in [5.41, 5.74) is 1.17. The lowest BCUT2D eigenvalue weighted by Crippen LogP contribution is -2.44. The van der Waals surface area contributed by atoms with Gasteiger partial charge in [-0.25, -0.2) is 4.79 Å². The Balaban J connectivity index is 1.43. The quantitative estimate of drug-likeness (QED) is 0.267. The third-order valence-electron chi connectivity index (χ3n) is 7.63. The number of nitrogens with zero attached hydrogens (tertiary/aromatic N) is 1. The molecule has 210 valence electrons. The van der Waals surface area contributed by atoms with Crippen molar-refractivity contribution < 1.29 is 27.5 Å². The minimum absolute atomic E-state index is 0.0360. The van der Waals surface area contributed by atoms with Gasteiger partial charge in [0.2, 0.25) is 5.91 Å². The highest BCUT2D eigenvalue weighted by Gasteiger charge is 2.47. The van der Waals surface area contributed by atoms with Gasteiger partial charge in [0.1, 0.15) is 0 Å². The number of fused-ring (bicyclic) bond motifs is 2. The first-order valence-corrected chi connectivity index (χ1v) is 17.6. The standard InChI is InChI=1S/C29H34BrF3N2O3Si/c1-39(2,3)18-17-38-27(37)34-24-19-28(26-21(24)8-6-10-23(26)30)13-15-35(16-14-28)25(36)12-11-20-7-4-5-9-22(20)29(31,32)33/h4-12,24H,13-19H2,1-3H3,(H,34,37). The number of ether oxygens (including phenoxy) is 1. The second kappa shape index (κ2) is 11.5. The molecule has 1 atom stereocenters. The molecule has 10 heteroatoms. The Morgan fingerprint density at radius 2 is 1.82 bits per heavy atom. The predicted octanol–water partition coefficient (Wildman–Crippen LogP) is 7.55. The van der Waals surface area contributed by atoms with Gasteiger partial charge in [0.05, 0.1) is 18.2 Å². The van der Waals surface area contributed by atoms with E-state index in [1.807, 2.05) is 18.2 Å². The first kappa shape index (κ1) is 29.4. The summed E-state index contributed by atoms with van der Waals surface area (Å²) in [6.07, 6.45) is -0.375. The van der Waals surface area contributed by atoms with E-state index in [9.17, 15) is 22.8 Å². The molecule has 0 bridgehead atoms. The first-order valence-electron chi connectivity index (χ1n) is 13.1. The normalized spacial score (nSPS) is 18.8. The maximum Gasteiger partial charge on any atom is 0.416 e. The number of rotatable bonds is 6. The Hall–Kier alpha value is -2.59. The summed E-state index contributed by atoms with van der Waals surface area (Å²) in [5.74, 6) is -0.312. The van der Waals surface area contributed by atoms with Crippen molar-refractivity contribution in [1.29, 1.82) is 0 Å². The minimum Gasteiger partial charge on any atom is -0.450 e. The van der Waals surface area contributed by atoms with Gasteiger partial charge in [0.15, 0.2) is 0 Å². The number of alkyl halides is 3. The highest BCUT2D eigenvalue weighted by atomic mass is 79.9. The van der Waals surface area contributed by atoms with Gasteiger partial charge >= 0.3 is 12.3 Å². The lowest BCUT2D eigenvalue weighted by molar-refractivity contribution is -0.137. The Labute approximate surface area is 236 Å². The van der Waals surface area contributed by atoms with E-state index in [4.69, 9.17) is 4.74 Å². The van der Waals surface area contributed by atoms with Crippen molar-refractivity contribution >= 4 is 42.1 Å². The second-order valence-corrected chi connectivity index (χ2v) is 18.1. The van der Waals surface area contributed by atoms with Crippen molar-refractivity contribution in [2.75, 3.05) is 19.7 Å². The fourth-order valence-corrected chi connectivity index (χ4v) is 7.05.